The molecule has 37 heavy (non-hydrogen) atoms. The van der Waals surface area contributed by atoms with Crippen LogP contribution in [0.25, 0.3) is 0 Å². The molecule has 0 aromatic rings. The van der Waals surface area contributed by atoms with Crippen LogP contribution in [0.3, 0.4) is 0 Å². The minimum absolute atomic E-state index is 0.0577. The number of alkyl carbamates (subject to hydrolysis) is 1. The molecule has 10 nitrogen and oxygen atoms in total. The zero-order valence-electron chi connectivity index (χ0n) is 23.2. The van der Waals surface area contributed by atoms with E-state index in [2.05, 4.69) is 10.6 Å². The molecule has 13 heteroatoms. The van der Waals surface area contributed by atoms with Gasteiger partial charge in [-0.05, 0) is 40.4 Å². The van der Waals surface area contributed by atoms with Gasteiger partial charge >= 0.3 is 6.09 Å². The number of hydrogen-bond donors (Lipinski definition) is 2. The molecule has 0 bridgehead atoms. The first-order chi connectivity index (χ1) is 17.5. The molecule has 0 rings (SSSR count). The van der Waals surface area contributed by atoms with E-state index in [1.54, 1.807) is 11.8 Å². The molecule has 0 atom stereocenters. The van der Waals surface area contributed by atoms with E-state index in [9.17, 15) is 9.59 Å². The van der Waals surface area contributed by atoms with Gasteiger partial charge in [-0.2, -0.15) is 0 Å². The Morgan fingerprint density at radius 2 is 1.11 bits per heavy atom. The van der Waals surface area contributed by atoms with E-state index in [0.29, 0.717) is 79.2 Å². The maximum atomic E-state index is 12.3. The molecule has 0 aromatic heterocycles. The van der Waals surface area contributed by atoms with Crippen molar-refractivity contribution in [1.29, 1.82) is 0 Å². The van der Waals surface area contributed by atoms with Crippen LogP contribution in [-0.2, 0) is 33.2 Å². The molecular weight excluding hydrogens is 540 g/mol. The Balaban J connectivity index is 3.38. The fourth-order valence-electron chi connectivity index (χ4n) is 2.37. The number of carbonyl (C=O) groups is 2. The number of hydrogen-bond acceptors (Lipinski definition) is 11. The first-order valence-electron chi connectivity index (χ1n) is 12.5. The van der Waals surface area contributed by atoms with Crippen molar-refractivity contribution in [2.45, 2.75) is 51.9 Å². The maximum absolute atomic E-state index is 12.3. The first kappa shape index (κ1) is 36.3. The van der Waals surface area contributed by atoms with Crippen LogP contribution in [0.15, 0.2) is 0 Å². The third-order valence-corrected chi connectivity index (χ3v) is 6.68. The van der Waals surface area contributed by atoms with Crippen molar-refractivity contribution >= 4 is 51.3 Å². The van der Waals surface area contributed by atoms with Gasteiger partial charge in [0.2, 0.25) is 5.91 Å². The molecule has 0 spiro atoms. The highest BCUT2D eigenvalue weighted by molar-refractivity contribution is 8.47. The second-order valence-electron chi connectivity index (χ2n) is 9.04. The van der Waals surface area contributed by atoms with Crippen molar-refractivity contribution in [3.05, 3.63) is 0 Å². The molecule has 0 radical (unpaired) electrons. The lowest BCUT2D eigenvalue weighted by molar-refractivity contribution is -0.122. The number of rotatable bonds is 21. The highest BCUT2D eigenvalue weighted by Gasteiger charge is 2.29. The zero-order chi connectivity index (χ0) is 28.0. The van der Waals surface area contributed by atoms with Gasteiger partial charge in [-0.25, -0.2) is 4.79 Å². The summed E-state index contributed by atoms with van der Waals surface area (Å²) in [6.45, 7) is 16.5. The van der Waals surface area contributed by atoms with Gasteiger partial charge in [-0.15, -0.1) is 11.8 Å². The summed E-state index contributed by atoms with van der Waals surface area (Å²) in [7, 11) is 0. The summed E-state index contributed by atoms with van der Waals surface area (Å²) in [5.41, 5.74) is -0.511. The summed E-state index contributed by atoms with van der Waals surface area (Å²) in [4.78, 5) is 23.8. The second kappa shape index (κ2) is 22.2. The minimum atomic E-state index is -0.608. The van der Waals surface area contributed by atoms with Crippen LogP contribution >= 0.6 is 35.7 Å². The van der Waals surface area contributed by atoms with Gasteiger partial charge in [-0.3, -0.25) is 4.79 Å². The molecule has 0 unspecified atom stereocenters. The summed E-state index contributed by atoms with van der Waals surface area (Å²) in [6, 6.07) is 0. The fraction of sp³-hybridized carbons (Fsp3) is 0.875. The Morgan fingerprint density at radius 3 is 1.51 bits per heavy atom. The minimum Gasteiger partial charge on any atom is -0.444 e. The zero-order valence-corrected chi connectivity index (χ0v) is 25.6. The quantitative estimate of drug-likeness (QED) is 0.153. The smallest absolute Gasteiger partial charge is 0.407 e. The predicted molar refractivity (Wildman–Crippen MR) is 154 cm³/mol. The number of nitrogens with one attached hydrogen (secondary N) is 2. The monoisotopic (exact) mass is 586 g/mol. The normalized spacial score (nSPS) is 11.8. The highest BCUT2D eigenvalue weighted by atomic mass is 32.2. The average molecular weight is 587 g/mol. The van der Waals surface area contributed by atoms with E-state index >= 15 is 0 Å². The van der Waals surface area contributed by atoms with Crippen molar-refractivity contribution in [3.63, 3.8) is 0 Å². The number of thioether (sulfide) groups is 2. The summed E-state index contributed by atoms with van der Waals surface area (Å²) >= 11 is 8.25. The SMILES string of the molecule is CCSC(=S)SC(C)(C)C(=O)NCCOCCOCCOCCOCCOCCNC(=O)OC(C)(C)C. The number of carbonyl (C=O) groups excluding carboxylic acids is 2. The van der Waals surface area contributed by atoms with E-state index in [-0.39, 0.29) is 5.91 Å². The molecule has 2 N–H and O–H groups in total. The standard InChI is InChI=1S/C24H46N2O8S3/c1-7-36-22(35)37-24(5,6)20(27)25-8-10-29-12-14-31-16-18-33-19-17-32-15-13-30-11-9-26-21(28)34-23(2,3)4/h7-19H2,1-6H3,(H,25,27)(H,26,28). The molecule has 218 valence electrons. The van der Waals surface area contributed by atoms with E-state index in [1.165, 1.54) is 11.8 Å². The van der Waals surface area contributed by atoms with Gasteiger partial charge in [-0.1, -0.05) is 30.9 Å². The lowest BCUT2D eigenvalue weighted by atomic mass is 10.2. The summed E-state index contributed by atoms with van der Waals surface area (Å²) in [6.07, 6.45) is -0.455. The molecule has 0 aromatic carbocycles. The maximum Gasteiger partial charge on any atom is 0.407 e. The first-order valence-corrected chi connectivity index (χ1v) is 14.7. The summed E-state index contributed by atoms with van der Waals surface area (Å²) in [5.74, 6) is 0.841. The topological polar surface area (TPSA) is 114 Å². The second-order valence-corrected chi connectivity index (χ2v) is 13.1. The van der Waals surface area contributed by atoms with Gasteiger partial charge in [0, 0.05) is 13.1 Å². The largest absolute Gasteiger partial charge is 0.444 e. The number of ether oxygens (including phenoxy) is 6. The molecular formula is C24H46N2O8S3. The Bertz CT molecular complexity index is 634. The van der Waals surface area contributed by atoms with Crippen LogP contribution in [0, 0.1) is 0 Å². The third-order valence-electron chi connectivity index (χ3n) is 4.08. The van der Waals surface area contributed by atoms with Crippen molar-refractivity contribution in [3.8, 4) is 0 Å². The Hall–Kier alpha value is -0.670. The van der Waals surface area contributed by atoms with E-state index in [1.807, 2.05) is 41.5 Å². The van der Waals surface area contributed by atoms with E-state index in [0.717, 1.165) is 9.28 Å². The average Bonchev–Trinajstić information content (AvgIpc) is 2.79. The van der Waals surface area contributed by atoms with Gasteiger partial charge in [0.05, 0.1) is 70.8 Å². The van der Waals surface area contributed by atoms with Crippen LogP contribution < -0.4 is 10.6 Å². The lowest BCUT2D eigenvalue weighted by Crippen LogP contribution is -2.41. The fourth-order valence-corrected chi connectivity index (χ4v) is 5.38. The van der Waals surface area contributed by atoms with Gasteiger partial charge < -0.3 is 39.1 Å². The molecule has 0 fully saturated rings. The summed E-state index contributed by atoms with van der Waals surface area (Å²) < 4.78 is 32.5. The van der Waals surface area contributed by atoms with Crippen LogP contribution in [0.4, 0.5) is 4.79 Å². The Kier molecular flexibility index (Phi) is 21.8. The highest BCUT2D eigenvalue weighted by Crippen LogP contribution is 2.30. The molecule has 0 saturated carbocycles. The van der Waals surface area contributed by atoms with Crippen LogP contribution in [-0.4, -0.2) is 111 Å². The van der Waals surface area contributed by atoms with E-state index < -0.39 is 16.4 Å². The molecule has 0 aliphatic rings. The van der Waals surface area contributed by atoms with Gasteiger partial charge in [0.15, 0.2) is 0 Å². The molecule has 0 heterocycles. The van der Waals surface area contributed by atoms with Crippen molar-refractivity contribution in [2.24, 2.45) is 0 Å². The van der Waals surface area contributed by atoms with Crippen LogP contribution in [0.5, 0.6) is 0 Å². The Labute approximate surface area is 236 Å². The predicted octanol–water partition coefficient (Wildman–Crippen LogP) is 3.26. The molecule has 0 aliphatic carbocycles. The van der Waals surface area contributed by atoms with Crippen molar-refractivity contribution in [1.82, 2.24) is 10.6 Å². The Morgan fingerprint density at radius 1 is 0.703 bits per heavy atom. The van der Waals surface area contributed by atoms with Crippen molar-refractivity contribution in [2.75, 3.05) is 84.9 Å². The summed E-state index contributed by atoms with van der Waals surface area (Å²) in [5, 5.41) is 5.50. The molecule has 0 saturated heterocycles. The molecule has 0 aliphatic heterocycles. The van der Waals surface area contributed by atoms with Gasteiger partial charge in [0.1, 0.15) is 9.13 Å². The number of amides is 2. The van der Waals surface area contributed by atoms with E-state index in [4.69, 9.17) is 40.6 Å². The van der Waals surface area contributed by atoms with Crippen molar-refractivity contribution < 1.29 is 38.0 Å². The van der Waals surface area contributed by atoms with Crippen LogP contribution in [0.2, 0.25) is 0 Å². The third kappa shape index (κ3) is 24.1. The van der Waals surface area contributed by atoms with Crippen LogP contribution in [0.1, 0.15) is 41.5 Å². The lowest BCUT2D eigenvalue weighted by Gasteiger charge is -2.22. The van der Waals surface area contributed by atoms with Gasteiger partial charge in [0.25, 0.3) is 0 Å². The molecule has 2 amide bonds. The number of thiocarbonyl (C=S) groups is 1.